The van der Waals surface area contributed by atoms with Crippen LogP contribution >= 0.6 is 0 Å². The van der Waals surface area contributed by atoms with Gasteiger partial charge in [-0.3, -0.25) is 19.3 Å². The Bertz CT molecular complexity index is 535. The Morgan fingerprint density at radius 2 is 1.76 bits per heavy atom. The van der Waals surface area contributed by atoms with E-state index < -0.39 is 0 Å². The summed E-state index contributed by atoms with van der Waals surface area (Å²) in [4.78, 5) is 36.7. The molecule has 1 aromatic rings. The number of Topliss-reactive ketones (excluding diaryl/α,β-unsaturated/α-hetero) is 1. The van der Waals surface area contributed by atoms with E-state index in [1.165, 1.54) is 29.2 Å². The number of imide groups is 1. The summed E-state index contributed by atoms with van der Waals surface area (Å²) in [5, 5.41) is 0. The summed E-state index contributed by atoms with van der Waals surface area (Å²) >= 11 is 0. The lowest BCUT2D eigenvalue weighted by atomic mass is 9.97. The van der Waals surface area contributed by atoms with Gasteiger partial charge in [0.15, 0.2) is 5.78 Å². The van der Waals surface area contributed by atoms with Crippen LogP contribution in [0.4, 0.5) is 4.39 Å². The Morgan fingerprint density at radius 1 is 1.19 bits per heavy atom. The van der Waals surface area contributed by atoms with Gasteiger partial charge < -0.3 is 0 Å². The topological polar surface area (TPSA) is 54.5 Å². The molecule has 0 saturated carbocycles. The van der Waals surface area contributed by atoms with Gasteiger partial charge in [0.05, 0.1) is 0 Å². The number of hydrogen-bond acceptors (Lipinski definition) is 3. The molecule has 0 N–H and O–H groups in total. The monoisotopic (exact) mass is 291 g/mol. The van der Waals surface area contributed by atoms with Gasteiger partial charge in [0, 0.05) is 31.4 Å². The fourth-order valence-corrected chi connectivity index (χ4v) is 2.46. The number of amides is 2. The molecular weight excluding hydrogens is 273 g/mol. The minimum Gasteiger partial charge on any atom is -0.294 e. The molecule has 5 heteroatoms. The van der Waals surface area contributed by atoms with E-state index >= 15 is 0 Å². The van der Waals surface area contributed by atoms with Crippen LogP contribution in [0.25, 0.3) is 0 Å². The van der Waals surface area contributed by atoms with Crippen molar-refractivity contribution in [2.45, 2.75) is 32.6 Å². The largest absolute Gasteiger partial charge is 0.294 e. The van der Waals surface area contributed by atoms with Crippen LogP contribution in [0.2, 0.25) is 0 Å². The van der Waals surface area contributed by atoms with Crippen molar-refractivity contribution in [3.05, 3.63) is 35.6 Å². The van der Waals surface area contributed by atoms with Crippen molar-refractivity contribution in [1.29, 1.82) is 0 Å². The number of likely N-dealkylation sites (tertiary alicyclic amines) is 1. The third-order valence-corrected chi connectivity index (χ3v) is 3.60. The van der Waals surface area contributed by atoms with Crippen LogP contribution in [-0.2, 0) is 9.59 Å². The van der Waals surface area contributed by atoms with Gasteiger partial charge in [0.25, 0.3) is 0 Å². The van der Waals surface area contributed by atoms with Crippen molar-refractivity contribution in [2.75, 3.05) is 6.54 Å². The van der Waals surface area contributed by atoms with Crippen LogP contribution < -0.4 is 0 Å². The maximum Gasteiger partial charge on any atom is 0.229 e. The number of carbonyl (C=O) groups excluding carboxylic acids is 3. The normalized spacial score (nSPS) is 16.4. The van der Waals surface area contributed by atoms with Gasteiger partial charge in [-0.25, -0.2) is 4.39 Å². The van der Waals surface area contributed by atoms with Crippen molar-refractivity contribution < 1.29 is 18.8 Å². The highest BCUT2D eigenvalue weighted by Gasteiger charge is 2.29. The molecule has 1 aromatic carbocycles. The van der Waals surface area contributed by atoms with Gasteiger partial charge >= 0.3 is 0 Å². The maximum atomic E-state index is 12.8. The van der Waals surface area contributed by atoms with Gasteiger partial charge in [0.2, 0.25) is 11.8 Å². The standard InChI is InChI=1S/C16H18FNO3/c1-11-9-15(20)18(16(21)10-11)8-2-3-14(19)12-4-6-13(17)7-5-12/h4-7,11H,2-3,8-10H2,1H3. The Balaban J connectivity index is 1.84. The Kier molecular flexibility index (Phi) is 4.83. The molecule has 1 heterocycles. The van der Waals surface area contributed by atoms with Gasteiger partial charge in [-0.1, -0.05) is 6.92 Å². The molecule has 0 aliphatic carbocycles. The lowest BCUT2D eigenvalue weighted by Crippen LogP contribution is -2.43. The molecule has 2 rings (SSSR count). The van der Waals surface area contributed by atoms with Gasteiger partial charge in [-0.2, -0.15) is 0 Å². The highest BCUT2D eigenvalue weighted by Crippen LogP contribution is 2.19. The number of nitrogens with zero attached hydrogens (tertiary/aromatic N) is 1. The molecule has 1 aliphatic heterocycles. The number of carbonyl (C=O) groups is 3. The number of halogens is 1. The highest BCUT2D eigenvalue weighted by atomic mass is 19.1. The van der Waals surface area contributed by atoms with E-state index in [1.807, 2.05) is 6.92 Å². The molecule has 0 radical (unpaired) electrons. The first-order valence-corrected chi connectivity index (χ1v) is 7.09. The average Bonchev–Trinajstić information content (AvgIpc) is 2.42. The first-order valence-electron chi connectivity index (χ1n) is 7.09. The van der Waals surface area contributed by atoms with Crippen LogP contribution in [0, 0.1) is 11.7 Å². The van der Waals surface area contributed by atoms with E-state index in [0.29, 0.717) is 24.8 Å². The molecule has 0 bridgehead atoms. The SMILES string of the molecule is CC1CC(=O)N(CCCC(=O)c2ccc(F)cc2)C(=O)C1. The Hall–Kier alpha value is -2.04. The number of benzene rings is 1. The zero-order chi connectivity index (χ0) is 15.4. The minimum absolute atomic E-state index is 0.0992. The second kappa shape index (κ2) is 6.61. The Labute approximate surface area is 122 Å². The molecule has 112 valence electrons. The second-order valence-electron chi connectivity index (χ2n) is 5.49. The van der Waals surface area contributed by atoms with E-state index in [1.54, 1.807) is 0 Å². The molecule has 1 aliphatic rings. The van der Waals surface area contributed by atoms with Crippen molar-refractivity contribution in [2.24, 2.45) is 5.92 Å². The lowest BCUT2D eigenvalue weighted by molar-refractivity contribution is -0.149. The highest BCUT2D eigenvalue weighted by molar-refractivity contribution is 5.98. The first kappa shape index (κ1) is 15.4. The number of hydrogen-bond donors (Lipinski definition) is 0. The molecule has 1 fully saturated rings. The molecule has 4 nitrogen and oxygen atoms in total. The zero-order valence-electron chi connectivity index (χ0n) is 12.0. The van der Waals surface area contributed by atoms with Crippen LogP contribution in [-0.4, -0.2) is 29.0 Å². The van der Waals surface area contributed by atoms with E-state index in [0.717, 1.165) is 0 Å². The van der Waals surface area contributed by atoms with E-state index in [9.17, 15) is 18.8 Å². The van der Waals surface area contributed by atoms with Gasteiger partial charge in [-0.05, 0) is 36.6 Å². The fraction of sp³-hybridized carbons (Fsp3) is 0.438. The molecule has 0 spiro atoms. The summed E-state index contributed by atoms with van der Waals surface area (Å²) in [5.41, 5.74) is 0.446. The van der Waals surface area contributed by atoms with Crippen molar-refractivity contribution >= 4 is 17.6 Å². The summed E-state index contributed by atoms with van der Waals surface area (Å²) in [5.74, 6) is -0.714. The molecule has 0 atom stereocenters. The summed E-state index contributed by atoms with van der Waals surface area (Å²) < 4.78 is 12.8. The third kappa shape index (κ3) is 3.97. The van der Waals surface area contributed by atoms with Crippen molar-refractivity contribution in [3.8, 4) is 0 Å². The average molecular weight is 291 g/mol. The quantitative estimate of drug-likeness (QED) is 0.619. The van der Waals surface area contributed by atoms with E-state index in [-0.39, 0.29) is 42.3 Å². The molecule has 1 saturated heterocycles. The fourth-order valence-electron chi connectivity index (χ4n) is 2.46. The third-order valence-electron chi connectivity index (χ3n) is 3.60. The number of rotatable bonds is 5. The maximum absolute atomic E-state index is 12.8. The molecule has 2 amide bonds. The summed E-state index contributed by atoms with van der Waals surface area (Å²) in [6.07, 6.45) is 1.44. The summed E-state index contributed by atoms with van der Waals surface area (Å²) in [6.45, 7) is 2.16. The molecular formula is C16H18FNO3. The molecule has 21 heavy (non-hydrogen) atoms. The Morgan fingerprint density at radius 3 is 2.33 bits per heavy atom. The molecule has 0 unspecified atom stereocenters. The lowest BCUT2D eigenvalue weighted by Gasteiger charge is -2.28. The minimum atomic E-state index is -0.384. The number of ketones is 1. The predicted molar refractivity (Wildman–Crippen MR) is 75.1 cm³/mol. The summed E-state index contributed by atoms with van der Waals surface area (Å²) in [7, 11) is 0. The van der Waals surface area contributed by atoms with E-state index in [4.69, 9.17) is 0 Å². The van der Waals surface area contributed by atoms with E-state index in [2.05, 4.69) is 0 Å². The van der Waals surface area contributed by atoms with Crippen LogP contribution in [0.3, 0.4) is 0 Å². The number of piperidine rings is 1. The van der Waals surface area contributed by atoms with Crippen LogP contribution in [0.15, 0.2) is 24.3 Å². The van der Waals surface area contributed by atoms with Crippen LogP contribution in [0.1, 0.15) is 43.0 Å². The second-order valence-corrected chi connectivity index (χ2v) is 5.49. The smallest absolute Gasteiger partial charge is 0.229 e. The van der Waals surface area contributed by atoms with Crippen LogP contribution in [0.5, 0.6) is 0 Å². The first-order chi connectivity index (χ1) is 9.97. The van der Waals surface area contributed by atoms with Gasteiger partial charge in [-0.15, -0.1) is 0 Å². The summed E-state index contributed by atoms with van der Waals surface area (Å²) in [6, 6.07) is 5.37. The zero-order valence-corrected chi connectivity index (χ0v) is 12.0. The molecule has 0 aromatic heterocycles. The van der Waals surface area contributed by atoms with Gasteiger partial charge in [0.1, 0.15) is 5.82 Å². The predicted octanol–water partition coefficient (Wildman–Crippen LogP) is 2.57. The van der Waals surface area contributed by atoms with Crippen molar-refractivity contribution in [3.63, 3.8) is 0 Å². The van der Waals surface area contributed by atoms with Crippen molar-refractivity contribution in [1.82, 2.24) is 4.90 Å².